The van der Waals surface area contributed by atoms with Crippen LogP contribution in [0, 0.1) is 5.82 Å². The molecule has 0 aliphatic heterocycles. The lowest BCUT2D eigenvalue weighted by molar-refractivity contribution is -0.119. The maximum atomic E-state index is 14.0. The third kappa shape index (κ3) is 4.47. The van der Waals surface area contributed by atoms with Crippen LogP contribution in [0.25, 0.3) is 22.3 Å². The predicted molar refractivity (Wildman–Crippen MR) is 124 cm³/mol. The summed E-state index contributed by atoms with van der Waals surface area (Å²) in [7, 11) is 0. The minimum atomic E-state index is -0.457. The molecule has 0 atom stereocenters. The van der Waals surface area contributed by atoms with Gasteiger partial charge >= 0.3 is 0 Å². The number of aromatic nitrogens is 5. The van der Waals surface area contributed by atoms with Gasteiger partial charge in [0.25, 0.3) is 0 Å². The van der Waals surface area contributed by atoms with Gasteiger partial charge in [-0.15, -0.1) is 5.10 Å². The van der Waals surface area contributed by atoms with Crippen molar-refractivity contribution in [3.8, 4) is 11.3 Å². The number of anilines is 1. The number of nitrogens with zero attached hydrogens (tertiary/aromatic N) is 5. The minimum Gasteiger partial charge on any atom is -0.351 e. The smallest absolute Gasteiger partial charge is 0.249 e. The maximum Gasteiger partial charge on any atom is 0.249 e. The monoisotopic (exact) mass is 460 g/mol. The Bertz CT molecular complexity index is 1390. The number of fused-ring (bicyclic) bond motifs is 1. The number of hydrogen-bond donors (Lipinski definition) is 1. The fourth-order valence-corrected chi connectivity index (χ4v) is 3.93. The summed E-state index contributed by atoms with van der Waals surface area (Å²) in [6, 6.07) is 19.1. The van der Waals surface area contributed by atoms with E-state index in [4.69, 9.17) is 11.6 Å². The Hall–Kier alpha value is -4.04. The van der Waals surface area contributed by atoms with Gasteiger partial charge in [-0.1, -0.05) is 41.1 Å². The third-order valence-corrected chi connectivity index (χ3v) is 5.46. The molecule has 0 unspecified atom stereocenters. The Balaban J connectivity index is 1.48. The van der Waals surface area contributed by atoms with Crippen LogP contribution in [0.5, 0.6) is 0 Å². The van der Waals surface area contributed by atoms with Crippen LogP contribution in [0.3, 0.4) is 0 Å². The number of benzene rings is 3. The van der Waals surface area contributed by atoms with E-state index in [1.807, 2.05) is 48.5 Å². The van der Waals surface area contributed by atoms with Gasteiger partial charge < -0.3 is 9.88 Å². The summed E-state index contributed by atoms with van der Waals surface area (Å²) in [5, 5.41) is 8.51. The second-order valence-corrected chi connectivity index (χ2v) is 7.93. The molecule has 1 N–H and O–H groups in total. The van der Waals surface area contributed by atoms with Crippen LogP contribution >= 0.6 is 11.6 Å². The van der Waals surface area contributed by atoms with Crippen molar-refractivity contribution in [1.29, 1.82) is 0 Å². The molecule has 33 heavy (non-hydrogen) atoms. The van der Waals surface area contributed by atoms with Crippen molar-refractivity contribution in [3.05, 3.63) is 95.7 Å². The number of para-hydroxylation sites is 1. The van der Waals surface area contributed by atoms with Crippen molar-refractivity contribution in [1.82, 2.24) is 25.0 Å². The number of H-pyrrole nitrogens is 1. The summed E-state index contributed by atoms with van der Waals surface area (Å²) >= 11 is 6.04. The van der Waals surface area contributed by atoms with Gasteiger partial charge in [-0.3, -0.25) is 4.79 Å². The molecule has 0 aliphatic carbocycles. The quantitative estimate of drug-likeness (QED) is 0.393. The standard InChI is InChI=1S/C24H18ClFN6O/c25-18-9-16(10-19(26)11-18)13-31(20-7-5-17(6-8-20)22-12-27-15-28-22)24(33)14-32-23-4-2-1-3-21(23)29-30-32/h1-12,15H,13-14H2,(H,27,28). The van der Waals surface area contributed by atoms with E-state index in [0.717, 1.165) is 16.8 Å². The summed E-state index contributed by atoms with van der Waals surface area (Å²) in [6.07, 6.45) is 3.40. The SMILES string of the molecule is O=C(Cn1nnc2ccccc21)N(Cc1cc(F)cc(Cl)c1)c1ccc(-c2c[nH]cn2)cc1. The molecule has 5 aromatic rings. The van der Waals surface area contributed by atoms with Gasteiger partial charge in [0.15, 0.2) is 0 Å². The minimum absolute atomic E-state index is 0.0231. The van der Waals surface area contributed by atoms with E-state index >= 15 is 0 Å². The Morgan fingerprint density at radius 2 is 1.91 bits per heavy atom. The van der Waals surface area contributed by atoms with E-state index < -0.39 is 5.82 Å². The van der Waals surface area contributed by atoms with Gasteiger partial charge in [0.05, 0.1) is 24.1 Å². The van der Waals surface area contributed by atoms with Crippen molar-refractivity contribution in [2.45, 2.75) is 13.1 Å². The van der Waals surface area contributed by atoms with Crippen molar-refractivity contribution >= 4 is 34.2 Å². The highest BCUT2D eigenvalue weighted by Gasteiger charge is 2.19. The van der Waals surface area contributed by atoms with Crippen molar-refractivity contribution < 1.29 is 9.18 Å². The van der Waals surface area contributed by atoms with E-state index in [1.165, 1.54) is 12.1 Å². The molecule has 7 nitrogen and oxygen atoms in total. The van der Waals surface area contributed by atoms with E-state index in [1.54, 1.807) is 28.2 Å². The van der Waals surface area contributed by atoms with Crippen LogP contribution in [-0.4, -0.2) is 30.9 Å². The molecular formula is C24H18ClFN6O. The third-order valence-electron chi connectivity index (χ3n) is 5.24. The molecule has 5 rings (SSSR count). The van der Waals surface area contributed by atoms with Crippen molar-refractivity contribution in [2.75, 3.05) is 4.90 Å². The highest BCUT2D eigenvalue weighted by molar-refractivity contribution is 6.30. The molecule has 0 aliphatic rings. The van der Waals surface area contributed by atoms with Crippen LogP contribution in [0.4, 0.5) is 10.1 Å². The summed E-state index contributed by atoms with van der Waals surface area (Å²) in [5.41, 5.74) is 4.40. The second kappa shape index (κ2) is 8.84. The first kappa shape index (κ1) is 20.8. The number of halogens is 2. The van der Waals surface area contributed by atoms with Crippen LogP contribution in [0.1, 0.15) is 5.56 Å². The highest BCUT2D eigenvalue weighted by atomic mass is 35.5. The number of aromatic amines is 1. The Labute approximate surface area is 193 Å². The zero-order valence-electron chi connectivity index (χ0n) is 17.3. The first-order valence-corrected chi connectivity index (χ1v) is 10.6. The number of imidazole rings is 1. The fraction of sp³-hybridized carbons (Fsp3) is 0.0833. The summed E-state index contributed by atoms with van der Waals surface area (Å²) < 4.78 is 15.5. The van der Waals surface area contributed by atoms with E-state index in [-0.39, 0.29) is 24.0 Å². The average molecular weight is 461 g/mol. The molecule has 0 spiro atoms. The van der Waals surface area contributed by atoms with Gasteiger partial charge in [0, 0.05) is 22.5 Å². The zero-order chi connectivity index (χ0) is 22.8. The first-order valence-electron chi connectivity index (χ1n) is 10.2. The maximum absolute atomic E-state index is 14.0. The number of carbonyl (C=O) groups excluding carboxylic acids is 1. The van der Waals surface area contributed by atoms with Gasteiger partial charge in [0.2, 0.25) is 5.91 Å². The highest BCUT2D eigenvalue weighted by Crippen LogP contribution is 2.25. The van der Waals surface area contributed by atoms with Crippen LogP contribution in [-0.2, 0) is 17.9 Å². The molecule has 0 radical (unpaired) electrons. The predicted octanol–water partition coefficient (Wildman–Crippen LogP) is 4.85. The molecule has 3 aromatic carbocycles. The lowest BCUT2D eigenvalue weighted by Crippen LogP contribution is -2.33. The molecule has 2 aromatic heterocycles. The molecular weight excluding hydrogens is 443 g/mol. The Morgan fingerprint density at radius 1 is 1.09 bits per heavy atom. The van der Waals surface area contributed by atoms with Crippen LogP contribution in [0.2, 0.25) is 5.02 Å². The van der Waals surface area contributed by atoms with Gasteiger partial charge in [-0.25, -0.2) is 14.1 Å². The molecule has 9 heteroatoms. The molecule has 0 saturated carbocycles. The average Bonchev–Trinajstić information content (AvgIpc) is 3.48. The molecule has 2 heterocycles. The number of amides is 1. The van der Waals surface area contributed by atoms with Gasteiger partial charge in [0.1, 0.15) is 17.9 Å². The largest absolute Gasteiger partial charge is 0.351 e. The molecule has 0 bridgehead atoms. The molecule has 1 amide bonds. The number of hydrogen-bond acceptors (Lipinski definition) is 4. The van der Waals surface area contributed by atoms with E-state index in [9.17, 15) is 9.18 Å². The zero-order valence-corrected chi connectivity index (χ0v) is 18.1. The first-order chi connectivity index (χ1) is 16.1. The fourth-order valence-electron chi connectivity index (χ4n) is 3.69. The Kier molecular flexibility index (Phi) is 5.58. The van der Waals surface area contributed by atoms with Gasteiger partial charge in [-0.2, -0.15) is 0 Å². The van der Waals surface area contributed by atoms with Crippen LogP contribution in [0.15, 0.2) is 79.3 Å². The summed E-state index contributed by atoms with van der Waals surface area (Å²) in [6.45, 7) is 0.120. The van der Waals surface area contributed by atoms with Crippen molar-refractivity contribution in [3.63, 3.8) is 0 Å². The lowest BCUT2D eigenvalue weighted by atomic mass is 10.1. The van der Waals surface area contributed by atoms with Crippen molar-refractivity contribution in [2.24, 2.45) is 0 Å². The Morgan fingerprint density at radius 3 is 2.67 bits per heavy atom. The second-order valence-electron chi connectivity index (χ2n) is 7.49. The molecule has 0 fully saturated rings. The summed E-state index contributed by atoms with van der Waals surface area (Å²) in [4.78, 5) is 22.2. The lowest BCUT2D eigenvalue weighted by Gasteiger charge is -2.23. The molecule has 0 saturated heterocycles. The summed E-state index contributed by atoms with van der Waals surface area (Å²) in [5.74, 6) is -0.681. The van der Waals surface area contributed by atoms with Crippen LogP contribution < -0.4 is 4.90 Å². The normalized spacial score (nSPS) is 11.1. The van der Waals surface area contributed by atoms with E-state index in [2.05, 4.69) is 20.3 Å². The van der Waals surface area contributed by atoms with Gasteiger partial charge in [-0.05, 0) is 48.0 Å². The number of rotatable bonds is 6. The number of carbonyl (C=O) groups is 1. The number of nitrogens with one attached hydrogen (secondary N) is 1. The van der Waals surface area contributed by atoms with E-state index in [0.29, 0.717) is 16.8 Å². The molecule has 164 valence electrons. The topological polar surface area (TPSA) is 79.7 Å².